The molecule has 3 aliphatic rings. The van der Waals surface area contributed by atoms with Crippen molar-refractivity contribution in [3.05, 3.63) is 75.9 Å². The van der Waals surface area contributed by atoms with Crippen molar-refractivity contribution in [2.24, 2.45) is 0 Å². The zero-order valence-electron chi connectivity index (χ0n) is 19.5. The molecular formula is C27H26FN3O4. The second-order valence-corrected chi connectivity index (χ2v) is 9.16. The summed E-state index contributed by atoms with van der Waals surface area (Å²) in [6.07, 6.45) is 9.76. The van der Waals surface area contributed by atoms with E-state index in [2.05, 4.69) is 11.8 Å². The van der Waals surface area contributed by atoms with Gasteiger partial charge in [-0.1, -0.05) is 19.1 Å². The standard InChI is InChI=1S/C27H26FN3O4/c1-2-29-9-11-30(12-10-29)23-15-22-19(14-21(23)28)27(35)20(16-31(22)18-5-6-18)24(32)7-3-17-4-8-25(33)26(34)13-17/h3-4,7-8,13-16,18H,2,5-6,9-12H2,1H3/b7-3+. The third kappa shape index (κ3) is 4.53. The highest BCUT2D eigenvalue weighted by Gasteiger charge is 2.28. The number of ketones is 3. The minimum atomic E-state index is -0.663. The van der Waals surface area contributed by atoms with Crippen LogP contribution in [0.4, 0.5) is 10.1 Å². The van der Waals surface area contributed by atoms with Gasteiger partial charge in [-0.3, -0.25) is 19.2 Å². The molecule has 0 atom stereocenters. The molecule has 2 heterocycles. The summed E-state index contributed by atoms with van der Waals surface area (Å²) in [6.45, 7) is 6.21. The van der Waals surface area contributed by atoms with Crippen LogP contribution in [-0.2, 0) is 9.59 Å². The van der Waals surface area contributed by atoms with Crippen LogP contribution in [0.15, 0.2) is 59.1 Å². The number of carbonyl (C=O) groups is 3. The molecule has 0 N–H and O–H groups in total. The summed E-state index contributed by atoms with van der Waals surface area (Å²) in [5.74, 6) is -2.29. The zero-order valence-corrected chi connectivity index (χ0v) is 19.5. The number of hydrogen-bond donors (Lipinski definition) is 0. The van der Waals surface area contributed by atoms with Crippen molar-refractivity contribution in [2.75, 3.05) is 37.6 Å². The van der Waals surface area contributed by atoms with E-state index in [0.717, 1.165) is 44.6 Å². The van der Waals surface area contributed by atoms with E-state index in [4.69, 9.17) is 0 Å². The van der Waals surface area contributed by atoms with Crippen molar-refractivity contribution in [3.8, 4) is 0 Å². The Bertz CT molecular complexity index is 1390. The fourth-order valence-electron chi connectivity index (χ4n) is 4.63. The number of aromatic nitrogens is 1. The molecule has 0 bridgehead atoms. The molecule has 7 nitrogen and oxygen atoms in total. The van der Waals surface area contributed by atoms with Crippen LogP contribution in [0.3, 0.4) is 0 Å². The Hall–Kier alpha value is -3.65. The number of rotatable bonds is 6. The van der Waals surface area contributed by atoms with E-state index in [1.54, 1.807) is 12.3 Å². The van der Waals surface area contributed by atoms with Crippen molar-refractivity contribution in [1.29, 1.82) is 0 Å². The van der Waals surface area contributed by atoms with E-state index in [-0.39, 0.29) is 17.0 Å². The van der Waals surface area contributed by atoms with E-state index in [1.807, 2.05) is 9.47 Å². The van der Waals surface area contributed by atoms with E-state index in [0.29, 0.717) is 29.9 Å². The van der Waals surface area contributed by atoms with Crippen molar-refractivity contribution < 1.29 is 18.8 Å². The molecule has 35 heavy (non-hydrogen) atoms. The molecule has 1 aromatic heterocycles. The largest absolute Gasteiger partial charge is 0.367 e. The van der Waals surface area contributed by atoms with Gasteiger partial charge in [0, 0.05) is 43.8 Å². The lowest BCUT2D eigenvalue weighted by Gasteiger charge is -2.35. The molecule has 1 saturated heterocycles. The molecule has 2 aromatic rings. The van der Waals surface area contributed by atoms with E-state index < -0.39 is 28.6 Å². The van der Waals surface area contributed by atoms with Crippen molar-refractivity contribution in [2.45, 2.75) is 25.8 Å². The van der Waals surface area contributed by atoms with Gasteiger partial charge >= 0.3 is 0 Å². The lowest BCUT2D eigenvalue weighted by atomic mass is 10.0. The molecule has 1 aromatic carbocycles. The third-order valence-electron chi connectivity index (χ3n) is 6.86. The molecule has 1 aliphatic heterocycles. The van der Waals surface area contributed by atoms with Gasteiger partial charge in [-0.2, -0.15) is 0 Å². The Morgan fingerprint density at radius 3 is 2.46 bits per heavy atom. The molecule has 5 rings (SSSR count). The lowest BCUT2D eigenvalue weighted by molar-refractivity contribution is -0.131. The van der Waals surface area contributed by atoms with Gasteiger partial charge in [0.1, 0.15) is 5.82 Å². The number of nitrogens with zero attached hydrogens (tertiary/aromatic N) is 3. The smallest absolute Gasteiger partial charge is 0.226 e. The average Bonchev–Trinajstić information content (AvgIpc) is 3.70. The normalized spacial score (nSPS) is 19.1. The number of fused-ring (bicyclic) bond motifs is 1. The first-order chi connectivity index (χ1) is 16.9. The number of anilines is 1. The Labute approximate surface area is 201 Å². The van der Waals surface area contributed by atoms with Crippen LogP contribution in [0.1, 0.15) is 36.2 Å². The Balaban J connectivity index is 1.51. The van der Waals surface area contributed by atoms with Crippen molar-refractivity contribution in [1.82, 2.24) is 9.47 Å². The number of pyridine rings is 1. The molecule has 0 unspecified atom stereocenters. The monoisotopic (exact) mass is 475 g/mol. The van der Waals surface area contributed by atoms with Crippen molar-refractivity contribution in [3.63, 3.8) is 0 Å². The summed E-state index contributed by atoms with van der Waals surface area (Å²) in [5.41, 5.74) is 0.940. The SMILES string of the molecule is CCN1CCN(c2cc3c(cc2F)c(=O)c(C(=O)/C=C/C2=CC(=O)C(=O)C=C2)cn3C2CC2)CC1. The summed E-state index contributed by atoms with van der Waals surface area (Å²) in [7, 11) is 0. The topological polar surface area (TPSA) is 79.7 Å². The van der Waals surface area contributed by atoms with Gasteiger partial charge in [0.2, 0.25) is 17.0 Å². The third-order valence-corrected chi connectivity index (χ3v) is 6.86. The first-order valence-corrected chi connectivity index (χ1v) is 11.9. The highest BCUT2D eigenvalue weighted by molar-refractivity contribution is 6.46. The van der Waals surface area contributed by atoms with E-state index >= 15 is 4.39 Å². The number of benzene rings is 1. The Morgan fingerprint density at radius 2 is 1.80 bits per heavy atom. The minimum absolute atomic E-state index is 0.0489. The molecule has 0 radical (unpaired) electrons. The summed E-state index contributed by atoms with van der Waals surface area (Å²) >= 11 is 0. The molecular weight excluding hydrogens is 449 g/mol. The lowest BCUT2D eigenvalue weighted by Crippen LogP contribution is -2.46. The van der Waals surface area contributed by atoms with Crippen LogP contribution < -0.4 is 10.3 Å². The summed E-state index contributed by atoms with van der Waals surface area (Å²) < 4.78 is 17.1. The minimum Gasteiger partial charge on any atom is -0.367 e. The first kappa shape index (κ1) is 23.1. The Kier molecular flexibility index (Phi) is 6.06. The van der Waals surface area contributed by atoms with Crippen LogP contribution in [0.2, 0.25) is 0 Å². The maximum Gasteiger partial charge on any atom is 0.226 e. The second kappa shape index (κ2) is 9.19. The highest BCUT2D eigenvalue weighted by Crippen LogP contribution is 2.38. The maximum absolute atomic E-state index is 15.2. The molecule has 2 aliphatic carbocycles. The summed E-state index contributed by atoms with van der Waals surface area (Å²) in [6, 6.07) is 3.17. The quantitative estimate of drug-likeness (QED) is 0.277. The molecule has 0 amide bonds. The van der Waals surface area contributed by atoms with Crippen LogP contribution in [0, 0.1) is 5.82 Å². The molecule has 0 spiro atoms. The van der Waals surface area contributed by atoms with E-state index in [9.17, 15) is 19.2 Å². The van der Waals surface area contributed by atoms with Crippen LogP contribution >= 0.6 is 0 Å². The number of piperazine rings is 1. The van der Waals surface area contributed by atoms with Gasteiger partial charge in [0.05, 0.1) is 16.8 Å². The summed E-state index contributed by atoms with van der Waals surface area (Å²) in [5, 5.41) is 0.183. The highest BCUT2D eigenvalue weighted by atomic mass is 19.1. The summed E-state index contributed by atoms with van der Waals surface area (Å²) in [4.78, 5) is 53.4. The van der Waals surface area contributed by atoms with Gasteiger partial charge < -0.3 is 14.4 Å². The average molecular weight is 476 g/mol. The van der Waals surface area contributed by atoms with Crippen molar-refractivity contribution >= 4 is 33.9 Å². The van der Waals surface area contributed by atoms with Crippen LogP contribution in [-0.4, -0.2) is 59.5 Å². The molecule has 2 fully saturated rings. The number of allylic oxidation sites excluding steroid dienone is 6. The van der Waals surface area contributed by atoms with Gasteiger partial charge in [-0.15, -0.1) is 0 Å². The second-order valence-electron chi connectivity index (χ2n) is 9.16. The predicted molar refractivity (Wildman–Crippen MR) is 131 cm³/mol. The number of halogens is 1. The van der Waals surface area contributed by atoms with Gasteiger partial charge in [0.25, 0.3) is 0 Å². The molecule has 1 saturated carbocycles. The zero-order chi connectivity index (χ0) is 24.7. The van der Waals surface area contributed by atoms with Gasteiger partial charge in [-0.05, 0) is 55.3 Å². The van der Waals surface area contributed by atoms with Gasteiger partial charge in [-0.25, -0.2) is 4.39 Å². The van der Waals surface area contributed by atoms with Crippen LogP contribution in [0.25, 0.3) is 10.9 Å². The molecule has 180 valence electrons. The van der Waals surface area contributed by atoms with Crippen LogP contribution in [0.5, 0.6) is 0 Å². The Morgan fingerprint density at radius 1 is 1.06 bits per heavy atom. The van der Waals surface area contributed by atoms with E-state index in [1.165, 1.54) is 24.3 Å². The number of carbonyl (C=O) groups excluding carboxylic acids is 3. The van der Waals surface area contributed by atoms with Gasteiger partial charge in [0.15, 0.2) is 5.78 Å². The predicted octanol–water partition coefficient (Wildman–Crippen LogP) is 2.99. The number of hydrogen-bond acceptors (Lipinski definition) is 6. The number of likely N-dealkylation sites (N-methyl/N-ethyl adjacent to an activating group) is 1. The fraction of sp³-hybridized carbons (Fsp3) is 0.333. The first-order valence-electron chi connectivity index (χ1n) is 11.9. The fourth-order valence-corrected chi connectivity index (χ4v) is 4.63. The molecule has 8 heteroatoms. The maximum atomic E-state index is 15.2.